The predicted octanol–water partition coefficient (Wildman–Crippen LogP) is 4.49. The molecule has 2 heterocycles. The Morgan fingerprint density at radius 2 is 1.69 bits per heavy atom. The minimum Gasteiger partial charge on any atom is -0.340 e. The normalized spacial score (nSPS) is 18.1. The molecule has 2 aliphatic rings. The molecule has 184 valence electrons. The summed E-state index contributed by atoms with van der Waals surface area (Å²) >= 11 is 0. The van der Waals surface area contributed by atoms with Gasteiger partial charge in [0, 0.05) is 30.9 Å². The van der Waals surface area contributed by atoms with Crippen molar-refractivity contribution in [2.75, 3.05) is 22.9 Å². The molecule has 5 rings (SSSR count). The van der Waals surface area contributed by atoms with Gasteiger partial charge in [0.25, 0.3) is 5.91 Å². The Balaban J connectivity index is 1.37. The van der Waals surface area contributed by atoms with E-state index in [9.17, 15) is 14.4 Å². The second kappa shape index (κ2) is 9.97. The smallest absolute Gasteiger partial charge is 0.254 e. The topological polar surface area (TPSA) is 69.7 Å². The minimum atomic E-state index is -0.823. The van der Waals surface area contributed by atoms with Gasteiger partial charge in [-0.25, -0.2) is 0 Å². The largest absolute Gasteiger partial charge is 0.340 e. The number of hydrogen-bond acceptors (Lipinski definition) is 3. The van der Waals surface area contributed by atoms with Crippen molar-refractivity contribution in [3.8, 4) is 0 Å². The van der Waals surface area contributed by atoms with Crippen molar-refractivity contribution in [2.45, 2.75) is 39.2 Å². The van der Waals surface area contributed by atoms with E-state index in [1.807, 2.05) is 80.6 Å². The number of fused-ring (bicyclic) bond motifs is 1. The molecule has 1 saturated heterocycles. The number of benzene rings is 3. The molecule has 0 radical (unpaired) electrons. The van der Waals surface area contributed by atoms with Gasteiger partial charge in [0.1, 0.15) is 6.04 Å². The quantitative estimate of drug-likeness (QED) is 0.584. The first-order valence-corrected chi connectivity index (χ1v) is 12.5. The highest BCUT2D eigenvalue weighted by molar-refractivity contribution is 6.03. The first-order valence-electron chi connectivity index (χ1n) is 12.5. The van der Waals surface area contributed by atoms with E-state index in [1.165, 1.54) is 0 Å². The zero-order chi connectivity index (χ0) is 25.2. The van der Waals surface area contributed by atoms with Crippen molar-refractivity contribution in [3.05, 3.63) is 95.1 Å². The van der Waals surface area contributed by atoms with Gasteiger partial charge in [-0.15, -0.1) is 0 Å². The zero-order valence-electron chi connectivity index (χ0n) is 20.7. The van der Waals surface area contributed by atoms with Crippen LogP contribution in [0, 0.1) is 19.8 Å². The molecule has 3 amide bonds. The number of para-hydroxylation sites is 1. The molecule has 0 saturated carbocycles. The van der Waals surface area contributed by atoms with E-state index in [-0.39, 0.29) is 24.1 Å². The molecule has 3 aromatic carbocycles. The monoisotopic (exact) mass is 481 g/mol. The van der Waals surface area contributed by atoms with E-state index in [0.717, 1.165) is 46.5 Å². The second-order valence-electron chi connectivity index (χ2n) is 9.75. The first kappa shape index (κ1) is 23.8. The van der Waals surface area contributed by atoms with Gasteiger partial charge in [-0.3, -0.25) is 14.4 Å². The fourth-order valence-electron chi connectivity index (χ4n) is 5.14. The van der Waals surface area contributed by atoms with Crippen LogP contribution in [0.25, 0.3) is 0 Å². The lowest BCUT2D eigenvalue weighted by atomic mass is 9.98. The zero-order valence-corrected chi connectivity index (χ0v) is 20.7. The Hall–Kier alpha value is -3.93. The predicted molar refractivity (Wildman–Crippen MR) is 141 cm³/mol. The molecule has 0 bridgehead atoms. The van der Waals surface area contributed by atoms with Crippen molar-refractivity contribution in [3.63, 3.8) is 0 Å². The van der Waals surface area contributed by atoms with E-state index in [0.29, 0.717) is 13.1 Å². The van der Waals surface area contributed by atoms with Gasteiger partial charge < -0.3 is 15.1 Å². The van der Waals surface area contributed by atoms with Crippen molar-refractivity contribution >= 4 is 29.1 Å². The van der Waals surface area contributed by atoms with Gasteiger partial charge in [0.15, 0.2) is 0 Å². The summed E-state index contributed by atoms with van der Waals surface area (Å²) in [5.74, 6) is -1.03. The van der Waals surface area contributed by atoms with Crippen LogP contribution in [-0.2, 0) is 20.8 Å². The number of rotatable bonds is 5. The fraction of sp³-hybridized carbons (Fsp3) is 0.300. The van der Waals surface area contributed by atoms with Crippen LogP contribution < -0.4 is 15.1 Å². The summed E-state index contributed by atoms with van der Waals surface area (Å²) in [6.45, 7) is 4.95. The first-order chi connectivity index (χ1) is 17.4. The molecule has 0 aliphatic carbocycles. The lowest BCUT2D eigenvalue weighted by Crippen LogP contribution is -2.46. The molecule has 36 heavy (non-hydrogen) atoms. The minimum absolute atomic E-state index is 0.0778. The summed E-state index contributed by atoms with van der Waals surface area (Å²) in [5, 5.41) is 3.01. The average Bonchev–Trinajstić information content (AvgIpc) is 3.30. The highest BCUT2D eigenvalue weighted by Crippen LogP contribution is 2.31. The van der Waals surface area contributed by atoms with Crippen LogP contribution in [-0.4, -0.2) is 30.8 Å². The summed E-state index contributed by atoms with van der Waals surface area (Å²) in [6.07, 6.45) is 1.93. The lowest BCUT2D eigenvalue weighted by molar-refractivity contribution is -0.130. The van der Waals surface area contributed by atoms with Gasteiger partial charge >= 0.3 is 0 Å². The maximum atomic E-state index is 13.9. The van der Waals surface area contributed by atoms with Crippen molar-refractivity contribution < 1.29 is 14.4 Å². The average molecular weight is 482 g/mol. The summed E-state index contributed by atoms with van der Waals surface area (Å²) < 4.78 is 0. The van der Waals surface area contributed by atoms with Crippen LogP contribution in [0.5, 0.6) is 0 Å². The SMILES string of the molecule is Cc1ccc(N2C[C@H](C(=O)N[C@H](C(=O)N3CCCc4ccccc43)c3ccccc3)CC2=O)cc1C. The fourth-order valence-corrected chi connectivity index (χ4v) is 5.14. The molecule has 6 heteroatoms. The Kier molecular flexibility index (Phi) is 6.59. The standard InChI is InChI=1S/C30H31N3O3/c1-20-14-15-25(17-21(20)2)33-19-24(18-27(33)34)29(35)31-28(23-10-4-3-5-11-23)30(36)32-16-8-12-22-9-6-7-13-26(22)32/h3-7,9-11,13-15,17,24,28H,8,12,16,18-19H2,1-2H3,(H,31,35)/t24-,28+/m1/s1. The lowest BCUT2D eigenvalue weighted by Gasteiger charge is -2.33. The molecular formula is C30H31N3O3. The van der Waals surface area contributed by atoms with Gasteiger partial charge in [-0.1, -0.05) is 54.6 Å². The molecule has 1 N–H and O–H groups in total. The number of hydrogen-bond donors (Lipinski definition) is 1. The van der Waals surface area contributed by atoms with Crippen LogP contribution in [0.2, 0.25) is 0 Å². The summed E-state index contributed by atoms with van der Waals surface area (Å²) in [5.41, 5.74) is 5.84. The van der Waals surface area contributed by atoms with E-state index < -0.39 is 12.0 Å². The van der Waals surface area contributed by atoms with Crippen LogP contribution in [0.3, 0.4) is 0 Å². The van der Waals surface area contributed by atoms with Gasteiger partial charge in [0.05, 0.1) is 5.92 Å². The van der Waals surface area contributed by atoms with Gasteiger partial charge in [0.2, 0.25) is 11.8 Å². The summed E-state index contributed by atoms with van der Waals surface area (Å²) in [4.78, 5) is 43.6. The van der Waals surface area contributed by atoms with E-state index in [2.05, 4.69) is 11.4 Å². The molecule has 1 fully saturated rings. The molecule has 2 aliphatic heterocycles. The van der Waals surface area contributed by atoms with E-state index >= 15 is 0 Å². The molecule has 0 spiro atoms. The Labute approximate surface area is 211 Å². The highest BCUT2D eigenvalue weighted by Gasteiger charge is 2.38. The van der Waals surface area contributed by atoms with Crippen molar-refractivity contribution in [2.24, 2.45) is 5.92 Å². The summed E-state index contributed by atoms with van der Waals surface area (Å²) in [7, 11) is 0. The molecule has 3 aromatic rings. The van der Waals surface area contributed by atoms with E-state index in [1.54, 1.807) is 9.80 Å². The third kappa shape index (κ3) is 4.63. The van der Waals surface area contributed by atoms with Crippen LogP contribution in [0.15, 0.2) is 72.8 Å². The highest BCUT2D eigenvalue weighted by atomic mass is 16.2. The number of carbonyl (C=O) groups is 3. The van der Waals surface area contributed by atoms with Crippen molar-refractivity contribution in [1.29, 1.82) is 0 Å². The van der Waals surface area contributed by atoms with Crippen LogP contribution in [0.4, 0.5) is 11.4 Å². The van der Waals surface area contributed by atoms with Crippen LogP contribution >= 0.6 is 0 Å². The number of nitrogens with one attached hydrogen (secondary N) is 1. The Bertz CT molecular complexity index is 1300. The Morgan fingerprint density at radius 1 is 0.944 bits per heavy atom. The van der Waals surface area contributed by atoms with Crippen LogP contribution in [0.1, 0.15) is 41.1 Å². The third-order valence-corrected chi connectivity index (χ3v) is 7.34. The Morgan fingerprint density at radius 3 is 2.47 bits per heavy atom. The third-order valence-electron chi connectivity index (χ3n) is 7.34. The molecular weight excluding hydrogens is 450 g/mol. The molecule has 2 atom stereocenters. The van der Waals surface area contributed by atoms with Crippen molar-refractivity contribution in [1.82, 2.24) is 5.32 Å². The van der Waals surface area contributed by atoms with E-state index in [4.69, 9.17) is 0 Å². The van der Waals surface area contributed by atoms with Gasteiger partial charge in [-0.05, 0) is 67.1 Å². The number of amides is 3. The number of carbonyl (C=O) groups excluding carboxylic acids is 3. The second-order valence-corrected chi connectivity index (χ2v) is 9.75. The number of anilines is 2. The molecule has 0 unspecified atom stereocenters. The van der Waals surface area contributed by atoms with Gasteiger partial charge in [-0.2, -0.15) is 0 Å². The summed E-state index contributed by atoms with van der Waals surface area (Å²) in [6, 6.07) is 22.4. The maximum absolute atomic E-state index is 13.9. The maximum Gasteiger partial charge on any atom is 0.254 e. The number of nitrogens with zero attached hydrogens (tertiary/aromatic N) is 2. The molecule has 6 nitrogen and oxygen atoms in total. The molecule has 0 aromatic heterocycles. The number of aryl methyl sites for hydroxylation is 3.